The monoisotopic (exact) mass is 404 g/mol. The average Bonchev–Trinajstić information content (AvgIpc) is 3.26. The van der Waals surface area contributed by atoms with Crippen molar-refractivity contribution in [2.75, 3.05) is 31.0 Å². The summed E-state index contributed by atoms with van der Waals surface area (Å²) in [6, 6.07) is 5.24. The van der Waals surface area contributed by atoms with Crippen LogP contribution in [0.5, 0.6) is 11.5 Å². The molecular weight excluding hydrogens is 380 g/mol. The van der Waals surface area contributed by atoms with Gasteiger partial charge in [0.15, 0.2) is 0 Å². The molecule has 1 aliphatic rings. The van der Waals surface area contributed by atoms with E-state index in [-0.39, 0.29) is 24.8 Å². The molecule has 150 valence electrons. The van der Waals surface area contributed by atoms with Gasteiger partial charge in [0.05, 0.1) is 25.8 Å². The molecule has 2 aromatic rings. The van der Waals surface area contributed by atoms with E-state index in [1.54, 1.807) is 37.3 Å². The summed E-state index contributed by atoms with van der Waals surface area (Å²) < 4.78 is 10.6. The largest absolute Gasteiger partial charge is 0.497 e. The van der Waals surface area contributed by atoms with Crippen molar-refractivity contribution >= 4 is 34.0 Å². The molecule has 1 aromatic carbocycles. The Morgan fingerprint density at radius 2 is 2.11 bits per heavy atom. The summed E-state index contributed by atoms with van der Waals surface area (Å²) in [5, 5.41) is 12.3. The second kappa shape index (κ2) is 8.55. The smallest absolute Gasteiger partial charge is 0.231 e. The van der Waals surface area contributed by atoms with Crippen molar-refractivity contribution in [3.05, 3.63) is 23.2 Å². The zero-order valence-corrected chi connectivity index (χ0v) is 17.2. The highest BCUT2D eigenvalue weighted by Crippen LogP contribution is 2.36. The molecule has 0 bridgehead atoms. The number of hydrogen-bond donors (Lipinski definition) is 1. The van der Waals surface area contributed by atoms with Gasteiger partial charge in [0.25, 0.3) is 0 Å². The summed E-state index contributed by atoms with van der Waals surface area (Å²) >= 11 is 1.37. The lowest BCUT2D eigenvalue weighted by Crippen LogP contribution is -2.28. The van der Waals surface area contributed by atoms with Crippen LogP contribution in [-0.4, -0.2) is 42.8 Å². The van der Waals surface area contributed by atoms with E-state index in [1.165, 1.54) is 11.3 Å². The molecule has 0 unspecified atom stereocenters. The first-order chi connectivity index (χ1) is 13.4. The highest BCUT2D eigenvalue weighted by atomic mass is 32.1. The predicted octanol–water partition coefficient (Wildman–Crippen LogP) is 2.75. The zero-order valence-electron chi connectivity index (χ0n) is 16.4. The van der Waals surface area contributed by atoms with E-state index in [4.69, 9.17) is 9.47 Å². The molecule has 9 heteroatoms. The van der Waals surface area contributed by atoms with Crippen LogP contribution in [0.2, 0.25) is 0 Å². The lowest BCUT2D eigenvalue weighted by atomic mass is 10.1. The van der Waals surface area contributed by atoms with E-state index >= 15 is 0 Å². The first kappa shape index (κ1) is 20.1. The number of rotatable bonds is 7. The number of anilines is 2. The van der Waals surface area contributed by atoms with Crippen molar-refractivity contribution in [1.29, 1.82) is 0 Å². The van der Waals surface area contributed by atoms with Crippen molar-refractivity contribution < 1.29 is 19.1 Å². The van der Waals surface area contributed by atoms with E-state index in [0.29, 0.717) is 28.2 Å². The van der Waals surface area contributed by atoms with Gasteiger partial charge in [0.2, 0.25) is 16.9 Å². The third-order valence-electron chi connectivity index (χ3n) is 4.45. The normalized spacial score (nSPS) is 16.5. The minimum atomic E-state index is -0.471. The van der Waals surface area contributed by atoms with Gasteiger partial charge in [-0.05, 0) is 18.1 Å². The van der Waals surface area contributed by atoms with E-state index in [9.17, 15) is 9.59 Å². The number of nitrogens with zero attached hydrogens (tertiary/aromatic N) is 3. The second-order valence-corrected chi connectivity index (χ2v) is 8.09. The van der Waals surface area contributed by atoms with Gasteiger partial charge in [-0.15, -0.1) is 10.2 Å². The number of carbonyl (C=O) groups excluding carboxylic acids is 2. The minimum Gasteiger partial charge on any atom is -0.497 e. The average molecular weight is 404 g/mol. The summed E-state index contributed by atoms with van der Waals surface area (Å²) in [5.41, 5.74) is 0.595. The number of carbonyl (C=O) groups is 2. The fourth-order valence-electron chi connectivity index (χ4n) is 3.07. The molecule has 28 heavy (non-hydrogen) atoms. The molecule has 1 aromatic heterocycles. The Balaban J connectivity index is 1.70. The molecule has 0 spiro atoms. The van der Waals surface area contributed by atoms with Crippen LogP contribution in [-0.2, 0) is 16.0 Å². The number of nitrogens with one attached hydrogen (secondary N) is 1. The lowest BCUT2D eigenvalue weighted by Gasteiger charge is -2.20. The van der Waals surface area contributed by atoms with Crippen LogP contribution in [0.1, 0.15) is 25.3 Å². The Kier molecular flexibility index (Phi) is 6.13. The van der Waals surface area contributed by atoms with Crippen LogP contribution in [0.3, 0.4) is 0 Å². The van der Waals surface area contributed by atoms with E-state index < -0.39 is 5.92 Å². The number of ether oxygens (including phenoxy) is 2. The quantitative estimate of drug-likeness (QED) is 0.763. The van der Waals surface area contributed by atoms with Crippen molar-refractivity contribution in [2.45, 2.75) is 26.7 Å². The Labute approximate surface area is 167 Å². The third kappa shape index (κ3) is 4.41. The SMILES string of the molecule is COc1ccc(OC)c(N2C[C@H](C(=O)Nc3nnc(CC(C)C)s3)CC2=O)c1. The Morgan fingerprint density at radius 3 is 2.79 bits per heavy atom. The Morgan fingerprint density at radius 1 is 1.32 bits per heavy atom. The standard InChI is InChI=1S/C19H24N4O4S/c1-11(2)7-16-21-22-19(28-16)20-18(25)12-8-17(24)23(10-12)14-9-13(26-3)5-6-15(14)27-4/h5-6,9,11-12H,7-8,10H2,1-4H3,(H,20,22,25)/t12-/m1/s1. The summed E-state index contributed by atoms with van der Waals surface area (Å²) in [5.74, 6) is 0.798. The highest BCUT2D eigenvalue weighted by molar-refractivity contribution is 7.15. The lowest BCUT2D eigenvalue weighted by molar-refractivity contribution is -0.122. The molecule has 0 saturated carbocycles. The highest BCUT2D eigenvalue weighted by Gasteiger charge is 2.36. The molecule has 1 N–H and O–H groups in total. The van der Waals surface area contributed by atoms with Crippen LogP contribution < -0.4 is 19.7 Å². The molecule has 0 aliphatic carbocycles. The molecule has 8 nitrogen and oxygen atoms in total. The molecule has 1 atom stereocenters. The maximum Gasteiger partial charge on any atom is 0.231 e. The number of amides is 2. The summed E-state index contributed by atoms with van der Waals surface area (Å²) in [6.45, 7) is 4.47. The van der Waals surface area contributed by atoms with E-state index in [0.717, 1.165) is 11.4 Å². The first-order valence-electron chi connectivity index (χ1n) is 9.07. The Bertz CT molecular complexity index is 867. The number of methoxy groups -OCH3 is 2. The molecule has 0 radical (unpaired) electrons. The Hall–Kier alpha value is -2.68. The maximum absolute atomic E-state index is 12.6. The fourth-order valence-corrected chi connectivity index (χ4v) is 4.02. The van der Waals surface area contributed by atoms with Crippen molar-refractivity contribution in [2.24, 2.45) is 11.8 Å². The minimum absolute atomic E-state index is 0.129. The summed E-state index contributed by atoms with van der Waals surface area (Å²) in [4.78, 5) is 26.8. The van der Waals surface area contributed by atoms with E-state index in [1.807, 2.05) is 0 Å². The van der Waals surface area contributed by atoms with Crippen LogP contribution in [0.4, 0.5) is 10.8 Å². The van der Waals surface area contributed by atoms with Gasteiger partial charge < -0.3 is 19.7 Å². The third-order valence-corrected chi connectivity index (χ3v) is 5.31. The van der Waals surface area contributed by atoms with E-state index in [2.05, 4.69) is 29.4 Å². The zero-order chi connectivity index (χ0) is 20.3. The maximum atomic E-state index is 12.6. The number of hydrogen-bond acceptors (Lipinski definition) is 7. The second-order valence-electron chi connectivity index (χ2n) is 7.03. The van der Waals surface area contributed by atoms with Gasteiger partial charge in [0.1, 0.15) is 16.5 Å². The summed E-state index contributed by atoms with van der Waals surface area (Å²) in [7, 11) is 3.10. The molecular formula is C19H24N4O4S. The van der Waals surface area contributed by atoms with Crippen LogP contribution in [0.25, 0.3) is 0 Å². The molecule has 1 fully saturated rings. The topological polar surface area (TPSA) is 93.7 Å². The van der Waals surface area contributed by atoms with Crippen LogP contribution in [0.15, 0.2) is 18.2 Å². The van der Waals surface area contributed by atoms with Gasteiger partial charge in [-0.25, -0.2) is 0 Å². The predicted molar refractivity (Wildman–Crippen MR) is 107 cm³/mol. The van der Waals surface area contributed by atoms with Gasteiger partial charge in [-0.2, -0.15) is 0 Å². The van der Waals surface area contributed by atoms with Crippen LogP contribution in [0, 0.1) is 11.8 Å². The molecule has 2 heterocycles. The van der Waals surface area contributed by atoms with Gasteiger partial charge in [-0.1, -0.05) is 25.2 Å². The summed E-state index contributed by atoms with van der Waals surface area (Å²) in [6.07, 6.45) is 0.947. The number of benzene rings is 1. The van der Waals surface area contributed by atoms with Crippen LogP contribution >= 0.6 is 11.3 Å². The first-order valence-corrected chi connectivity index (χ1v) is 9.88. The molecule has 3 rings (SSSR count). The van der Waals surface area contributed by atoms with Gasteiger partial charge in [0, 0.05) is 25.5 Å². The van der Waals surface area contributed by atoms with Crippen molar-refractivity contribution in [1.82, 2.24) is 10.2 Å². The number of aromatic nitrogens is 2. The van der Waals surface area contributed by atoms with Gasteiger partial charge >= 0.3 is 0 Å². The molecule has 1 aliphatic heterocycles. The molecule has 2 amide bonds. The van der Waals surface area contributed by atoms with Crippen molar-refractivity contribution in [3.8, 4) is 11.5 Å². The molecule has 1 saturated heterocycles. The van der Waals surface area contributed by atoms with Crippen molar-refractivity contribution in [3.63, 3.8) is 0 Å². The van der Waals surface area contributed by atoms with Gasteiger partial charge in [-0.3, -0.25) is 9.59 Å². The fraction of sp³-hybridized carbons (Fsp3) is 0.474.